The Morgan fingerprint density at radius 2 is 1.93 bits per heavy atom. The zero-order chi connectivity index (χ0) is 32.8. The van der Waals surface area contributed by atoms with Crippen LogP contribution in [0.15, 0.2) is 40.9 Å². The molecule has 0 radical (unpaired) electrons. The van der Waals surface area contributed by atoms with Gasteiger partial charge in [0.1, 0.15) is 11.8 Å². The van der Waals surface area contributed by atoms with Crippen LogP contribution in [-0.2, 0) is 32.1 Å². The standard InChI is InChI=1S/C29H38ClN7O4S.CH2O2/c1-19(2)26-28-33-27(20-8-5-4-6-9-20)34-37(28)16-15-36(25(39)12-11-21-18-23(30)35-41-21)14-7-10-24(38)31-22(13-17-42-3)29(40)32-26;2-1-3/h4-6,8-9,18-19,22,26H,7,10-17H2,1-3H3,(H,31,38)(H,32,40);1H,(H,2,3)/t22-,26+;/m0./s1. The minimum Gasteiger partial charge on any atom is -0.483 e. The number of aromatic nitrogens is 4. The van der Waals surface area contributed by atoms with E-state index in [9.17, 15) is 14.4 Å². The third kappa shape index (κ3) is 10.9. The summed E-state index contributed by atoms with van der Waals surface area (Å²) in [6.45, 7) is 4.88. The van der Waals surface area contributed by atoms with Crippen LogP contribution >= 0.6 is 23.4 Å². The van der Waals surface area contributed by atoms with Crippen LogP contribution in [0.4, 0.5) is 0 Å². The molecule has 3 amide bonds. The molecule has 2 atom stereocenters. The zero-order valence-corrected chi connectivity index (χ0v) is 27.2. The lowest BCUT2D eigenvalue weighted by Gasteiger charge is -2.28. The topological polar surface area (TPSA) is 173 Å². The average Bonchev–Trinajstić information content (AvgIpc) is 3.64. The summed E-state index contributed by atoms with van der Waals surface area (Å²) >= 11 is 7.48. The van der Waals surface area contributed by atoms with Crippen molar-refractivity contribution in [2.75, 3.05) is 25.1 Å². The Hall–Kier alpha value is -3.91. The molecule has 15 heteroatoms. The number of nitrogens with zero attached hydrogens (tertiary/aromatic N) is 5. The molecule has 0 saturated carbocycles. The number of halogens is 1. The van der Waals surface area contributed by atoms with E-state index in [0.717, 1.165) is 11.3 Å². The van der Waals surface area contributed by atoms with E-state index in [0.29, 0.717) is 56.3 Å². The number of hydrogen-bond donors (Lipinski definition) is 3. The van der Waals surface area contributed by atoms with Crippen molar-refractivity contribution < 1.29 is 28.8 Å². The number of aryl methyl sites for hydroxylation is 1. The van der Waals surface area contributed by atoms with Gasteiger partial charge in [-0.1, -0.05) is 60.9 Å². The van der Waals surface area contributed by atoms with Crippen molar-refractivity contribution in [3.05, 3.63) is 53.1 Å². The first-order valence-electron chi connectivity index (χ1n) is 14.7. The van der Waals surface area contributed by atoms with Crippen LogP contribution in [0.3, 0.4) is 0 Å². The van der Waals surface area contributed by atoms with E-state index in [1.807, 2.05) is 50.4 Å². The quantitative estimate of drug-likeness (QED) is 0.303. The Kier molecular flexibility index (Phi) is 14.3. The molecule has 0 fully saturated rings. The van der Waals surface area contributed by atoms with Gasteiger partial charge in [-0.05, 0) is 30.8 Å². The number of thioether (sulfide) groups is 1. The first-order valence-corrected chi connectivity index (χ1v) is 16.5. The van der Waals surface area contributed by atoms with E-state index in [2.05, 4.69) is 15.8 Å². The van der Waals surface area contributed by atoms with Crippen molar-refractivity contribution in [2.24, 2.45) is 5.92 Å². The van der Waals surface area contributed by atoms with E-state index in [1.165, 1.54) is 0 Å². The van der Waals surface area contributed by atoms with Gasteiger partial charge in [0.2, 0.25) is 17.7 Å². The Labute approximate surface area is 271 Å². The van der Waals surface area contributed by atoms with Gasteiger partial charge in [-0.2, -0.15) is 16.9 Å². The van der Waals surface area contributed by atoms with Gasteiger partial charge in [-0.25, -0.2) is 9.67 Å². The summed E-state index contributed by atoms with van der Waals surface area (Å²) in [7, 11) is 0. The SMILES string of the molecule is CSCC[C@@H]1NC(=O)CCCN(C(=O)CCc2cc(Cl)no2)CCn2nc(-c3ccccc3)nc2[C@@H](C(C)C)NC1=O.O=CO. The Bertz CT molecular complexity index is 1400. The summed E-state index contributed by atoms with van der Waals surface area (Å²) in [6, 6.07) is 10.1. The molecule has 0 bridgehead atoms. The number of carbonyl (C=O) groups is 4. The molecule has 3 N–H and O–H groups in total. The number of rotatable bonds is 8. The second kappa shape index (κ2) is 18.2. The fourth-order valence-corrected chi connectivity index (χ4v) is 5.44. The first kappa shape index (κ1) is 35.6. The lowest BCUT2D eigenvalue weighted by molar-refractivity contribution is -0.132. The molecule has 3 heterocycles. The smallest absolute Gasteiger partial charge is 0.290 e. The number of carboxylic acid groups (broad SMARTS) is 1. The summed E-state index contributed by atoms with van der Waals surface area (Å²) in [4.78, 5) is 54.7. The van der Waals surface area contributed by atoms with Gasteiger partial charge in [0.15, 0.2) is 16.8 Å². The highest BCUT2D eigenvalue weighted by atomic mass is 35.5. The highest BCUT2D eigenvalue weighted by molar-refractivity contribution is 7.98. The lowest BCUT2D eigenvalue weighted by atomic mass is 10.0. The van der Waals surface area contributed by atoms with Gasteiger partial charge in [0.05, 0.1) is 12.6 Å². The van der Waals surface area contributed by atoms with Gasteiger partial charge in [0.25, 0.3) is 6.47 Å². The van der Waals surface area contributed by atoms with Crippen molar-refractivity contribution in [2.45, 2.75) is 64.6 Å². The number of nitrogens with one attached hydrogen (secondary N) is 2. The van der Waals surface area contributed by atoms with E-state index in [-0.39, 0.29) is 48.1 Å². The van der Waals surface area contributed by atoms with Crippen molar-refractivity contribution in [3.63, 3.8) is 0 Å². The molecule has 4 rings (SSSR count). The Morgan fingerprint density at radius 3 is 2.58 bits per heavy atom. The van der Waals surface area contributed by atoms with Gasteiger partial charge in [-0.3, -0.25) is 19.2 Å². The molecule has 244 valence electrons. The van der Waals surface area contributed by atoms with E-state index < -0.39 is 12.1 Å². The molecule has 45 heavy (non-hydrogen) atoms. The number of amides is 3. The molecule has 1 aliphatic heterocycles. The summed E-state index contributed by atoms with van der Waals surface area (Å²) < 4.78 is 6.96. The summed E-state index contributed by atoms with van der Waals surface area (Å²) in [5, 5.41) is 21.7. The van der Waals surface area contributed by atoms with E-state index in [1.54, 1.807) is 27.4 Å². The lowest BCUT2D eigenvalue weighted by Crippen LogP contribution is -2.49. The second-order valence-corrected chi connectivity index (χ2v) is 12.1. The number of benzene rings is 1. The predicted octanol–water partition coefficient (Wildman–Crippen LogP) is 3.59. The third-order valence-corrected chi connectivity index (χ3v) is 7.94. The number of carbonyl (C=O) groups excluding carboxylic acids is 3. The van der Waals surface area contributed by atoms with Crippen LogP contribution in [0, 0.1) is 5.92 Å². The normalized spacial score (nSPS) is 17.8. The Balaban J connectivity index is 0.00000177. The van der Waals surface area contributed by atoms with Gasteiger partial charge in [0, 0.05) is 44.0 Å². The maximum absolute atomic E-state index is 13.5. The molecule has 0 spiro atoms. The fraction of sp³-hybridized carbons (Fsp3) is 0.500. The summed E-state index contributed by atoms with van der Waals surface area (Å²) in [5.41, 5.74) is 0.855. The van der Waals surface area contributed by atoms with Crippen LogP contribution in [0.25, 0.3) is 11.4 Å². The average molecular weight is 662 g/mol. The molecule has 2 aromatic heterocycles. The van der Waals surface area contributed by atoms with E-state index >= 15 is 0 Å². The van der Waals surface area contributed by atoms with Gasteiger partial charge in [-0.15, -0.1) is 0 Å². The molecule has 1 aromatic carbocycles. The second-order valence-electron chi connectivity index (χ2n) is 10.7. The molecule has 0 aliphatic carbocycles. The van der Waals surface area contributed by atoms with Crippen LogP contribution in [0.1, 0.15) is 57.2 Å². The molecule has 0 saturated heterocycles. The molecule has 3 aromatic rings. The first-order chi connectivity index (χ1) is 21.7. The highest BCUT2D eigenvalue weighted by Crippen LogP contribution is 2.25. The third-order valence-electron chi connectivity index (χ3n) is 7.12. The van der Waals surface area contributed by atoms with Crippen LogP contribution in [-0.4, -0.2) is 85.3 Å². The van der Waals surface area contributed by atoms with Gasteiger partial charge < -0.3 is 25.2 Å². The largest absolute Gasteiger partial charge is 0.483 e. The molecule has 1 aliphatic rings. The summed E-state index contributed by atoms with van der Waals surface area (Å²) in [6.07, 6.45) is 3.69. The van der Waals surface area contributed by atoms with Gasteiger partial charge >= 0.3 is 0 Å². The zero-order valence-electron chi connectivity index (χ0n) is 25.6. The Morgan fingerprint density at radius 1 is 1.20 bits per heavy atom. The minimum absolute atomic E-state index is 0.0169. The molecule has 0 unspecified atom stereocenters. The maximum atomic E-state index is 13.5. The van der Waals surface area contributed by atoms with E-state index in [4.69, 9.17) is 36.1 Å². The number of hydrogen-bond acceptors (Lipinski definition) is 9. The van der Waals surface area contributed by atoms with Crippen molar-refractivity contribution >= 4 is 47.6 Å². The molecular weight excluding hydrogens is 622 g/mol. The molecule has 13 nitrogen and oxygen atoms in total. The highest BCUT2D eigenvalue weighted by Gasteiger charge is 2.30. The van der Waals surface area contributed by atoms with Crippen molar-refractivity contribution in [1.29, 1.82) is 0 Å². The van der Waals surface area contributed by atoms with Crippen molar-refractivity contribution in [1.82, 2.24) is 35.5 Å². The van der Waals surface area contributed by atoms with Crippen molar-refractivity contribution in [3.8, 4) is 11.4 Å². The minimum atomic E-state index is -0.675. The maximum Gasteiger partial charge on any atom is 0.290 e. The summed E-state index contributed by atoms with van der Waals surface area (Å²) in [5.74, 6) is 1.85. The monoisotopic (exact) mass is 661 g/mol. The molecular formula is C30H40ClN7O6S. The predicted molar refractivity (Wildman–Crippen MR) is 170 cm³/mol. The van der Waals surface area contributed by atoms with Crippen LogP contribution in [0.2, 0.25) is 5.15 Å². The fourth-order valence-electron chi connectivity index (χ4n) is 4.81. The number of fused-ring (bicyclic) bond motifs is 1. The van der Waals surface area contributed by atoms with Crippen LogP contribution in [0.5, 0.6) is 0 Å². The van der Waals surface area contributed by atoms with Crippen LogP contribution < -0.4 is 10.6 Å².